The van der Waals surface area contributed by atoms with Gasteiger partial charge in [-0.1, -0.05) is 13.3 Å². The van der Waals surface area contributed by atoms with Gasteiger partial charge >= 0.3 is 0 Å². The highest BCUT2D eigenvalue weighted by Gasteiger charge is 2.26. The summed E-state index contributed by atoms with van der Waals surface area (Å²) in [7, 11) is 3.74. The third kappa shape index (κ3) is 7.63. The van der Waals surface area contributed by atoms with E-state index in [9.17, 15) is 4.79 Å². The van der Waals surface area contributed by atoms with Gasteiger partial charge in [0.1, 0.15) is 0 Å². The molecule has 0 rings (SSSR count). The molecule has 0 heterocycles. The molecule has 5 heteroatoms. The van der Waals surface area contributed by atoms with E-state index in [1.165, 1.54) is 0 Å². The second-order valence-electron chi connectivity index (χ2n) is 5.07. The van der Waals surface area contributed by atoms with Crippen LogP contribution < -0.4 is 11.1 Å². The molecule has 0 aliphatic rings. The maximum Gasteiger partial charge on any atom is 0.239 e. The molecule has 1 amide bonds. The van der Waals surface area contributed by atoms with Crippen molar-refractivity contribution in [2.45, 2.75) is 38.6 Å². The summed E-state index contributed by atoms with van der Waals surface area (Å²) in [4.78, 5) is 14.0. The van der Waals surface area contributed by atoms with E-state index >= 15 is 0 Å². The Bertz CT molecular complexity index is 232. The molecule has 0 aromatic carbocycles. The highest BCUT2D eigenvalue weighted by atomic mass is 16.5. The number of carbonyl (C=O) groups excluding carboxylic acids is 1. The molecule has 0 saturated heterocycles. The lowest BCUT2D eigenvalue weighted by molar-refractivity contribution is -0.126. The fourth-order valence-electron chi connectivity index (χ4n) is 1.79. The second kappa shape index (κ2) is 9.30. The molecule has 0 fully saturated rings. The Kier molecular flexibility index (Phi) is 8.97. The van der Waals surface area contributed by atoms with Crippen molar-refractivity contribution in [3.63, 3.8) is 0 Å². The molecule has 0 bridgehead atoms. The maximum atomic E-state index is 11.8. The third-order valence-electron chi connectivity index (χ3n) is 2.96. The molecule has 0 saturated carbocycles. The fourth-order valence-corrected chi connectivity index (χ4v) is 1.79. The first kappa shape index (κ1) is 17.4. The van der Waals surface area contributed by atoms with Gasteiger partial charge < -0.3 is 20.7 Å². The SMILES string of the molecule is CCCC(C)(N)C(=O)NCCN(C)CCCOC. The smallest absolute Gasteiger partial charge is 0.239 e. The van der Waals surface area contributed by atoms with E-state index < -0.39 is 5.54 Å². The Hall–Kier alpha value is -0.650. The summed E-state index contributed by atoms with van der Waals surface area (Å²) in [6.45, 7) is 7.03. The molecule has 1 atom stereocenters. The zero-order valence-electron chi connectivity index (χ0n) is 12.3. The summed E-state index contributed by atoms with van der Waals surface area (Å²) < 4.78 is 4.99. The first-order valence-electron chi connectivity index (χ1n) is 6.68. The zero-order chi connectivity index (χ0) is 14.0. The van der Waals surface area contributed by atoms with E-state index in [4.69, 9.17) is 10.5 Å². The van der Waals surface area contributed by atoms with Crippen LogP contribution in [-0.4, -0.2) is 56.7 Å². The van der Waals surface area contributed by atoms with Crippen LogP contribution >= 0.6 is 0 Å². The van der Waals surface area contributed by atoms with Crippen LogP contribution in [0.4, 0.5) is 0 Å². The zero-order valence-corrected chi connectivity index (χ0v) is 12.3. The number of likely N-dealkylation sites (N-methyl/N-ethyl adjacent to an activating group) is 1. The Morgan fingerprint density at radius 2 is 2.11 bits per heavy atom. The average Bonchev–Trinajstić information content (AvgIpc) is 2.29. The van der Waals surface area contributed by atoms with Gasteiger partial charge in [0.25, 0.3) is 0 Å². The van der Waals surface area contributed by atoms with E-state index in [0.717, 1.165) is 32.5 Å². The molecule has 3 N–H and O–H groups in total. The van der Waals surface area contributed by atoms with E-state index in [2.05, 4.69) is 10.2 Å². The monoisotopic (exact) mass is 259 g/mol. The topological polar surface area (TPSA) is 67.6 Å². The van der Waals surface area contributed by atoms with Crippen molar-refractivity contribution in [2.24, 2.45) is 5.73 Å². The van der Waals surface area contributed by atoms with E-state index in [1.54, 1.807) is 14.0 Å². The van der Waals surface area contributed by atoms with E-state index in [0.29, 0.717) is 13.0 Å². The lowest BCUT2D eigenvalue weighted by atomic mass is 9.97. The van der Waals surface area contributed by atoms with Crippen LogP contribution in [0.15, 0.2) is 0 Å². The minimum Gasteiger partial charge on any atom is -0.385 e. The van der Waals surface area contributed by atoms with E-state index in [-0.39, 0.29) is 5.91 Å². The molecule has 5 nitrogen and oxygen atoms in total. The van der Waals surface area contributed by atoms with Crippen LogP contribution in [0.25, 0.3) is 0 Å². The largest absolute Gasteiger partial charge is 0.385 e. The van der Waals surface area contributed by atoms with Crippen LogP contribution in [0, 0.1) is 0 Å². The molecule has 0 aromatic heterocycles. The van der Waals surface area contributed by atoms with Gasteiger partial charge in [-0.15, -0.1) is 0 Å². The standard InChI is InChI=1S/C13H29N3O2/c1-5-7-13(2,14)12(17)15-8-10-16(3)9-6-11-18-4/h5-11,14H2,1-4H3,(H,15,17). The van der Waals surface area contributed by atoms with Gasteiger partial charge in [-0.2, -0.15) is 0 Å². The maximum absolute atomic E-state index is 11.8. The molecule has 0 aliphatic heterocycles. The number of nitrogens with two attached hydrogens (primary N) is 1. The number of nitrogens with zero attached hydrogens (tertiary/aromatic N) is 1. The molecule has 108 valence electrons. The lowest BCUT2D eigenvalue weighted by Gasteiger charge is -2.24. The third-order valence-corrected chi connectivity index (χ3v) is 2.96. The average molecular weight is 259 g/mol. The molecule has 0 aromatic rings. The van der Waals surface area contributed by atoms with Crippen molar-refractivity contribution >= 4 is 5.91 Å². The molecule has 0 spiro atoms. The van der Waals surface area contributed by atoms with Gasteiger partial charge in [0.2, 0.25) is 5.91 Å². The van der Waals surface area contributed by atoms with E-state index in [1.807, 2.05) is 14.0 Å². The minimum absolute atomic E-state index is 0.0605. The van der Waals surface area contributed by atoms with Gasteiger partial charge in [-0.3, -0.25) is 4.79 Å². The Morgan fingerprint density at radius 3 is 2.67 bits per heavy atom. The summed E-state index contributed by atoms with van der Waals surface area (Å²) >= 11 is 0. The highest BCUT2D eigenvalue weighted by Crippen LogP contribution is 2.07. The number of ether oxygens (including phenoxy) is 1. The predicted octanol–water partition coefficient (Wildman–Crippen LogP) is 0.588. The molecular weight excluding hydrogens is 230 g/mol. The van der Waals surface area contributed by atoms with Gasteiger partial charge in [0.05, 0.1) is 5.54 Å². The number of hydrogen-bond acceptors (Lipinski definition) is 4. The van der Waals surface area contributed by atoms with Crippen LogP contribution in [0.3, 0.4) is 0 Å². The van der Waals surface area contributed by atoms with Crippen LogP contribution in [-0.2, 0) is 9.53 Å². The molecule has 0 radical (unpaired) electrons. The summed E-state index contributed by atoms with van der Waals surface area (Å²) in [5.74, 6) is -0.0605. The highest BCUT2D eigenvalue weighted by molar-refractivity contribution is 5.85. The quantitative estimate of drug-likeness (QED) is 0.563. The first-order valence-corrected chi connectivity index (χ1v) is 6.68. The summed E-state index contributed by atoms with van der Waals surface area (Å²) in [5.41, 5.74) is 5.20. The summed E-state index contributed by atoms with van der Waals surface area (Å²) in [5, 5.41) is 2.89. The molecule has 1 unspecified atom stereocenters. The van der Waals surface area contributed by atoms with Crippen LogP contribution in [0.5, 0.6) is 0 Å². The van der Waals surface area contributed by atoms with Crippen LogP contribution in [0.1, 0.15) is 33.1 Å². The molecular formula is C13H29N3O2. The van der Waals surface area contributed by atoms with Gasteiger partial charge in [0, 0.05) is 33.4 Å². The van der Waals surface area contributed by atoms with Gasteiger partial charge in [0.15, 0.2) is 0 Å². The van der Waals surface area contributed by atoms with Crippen LogP contribution in [0.2, 0.25) is 0 Å². The molecule has 0 aliphatic carbocycles. The Balaban J connectivity index is 3.73. The summed E-state index contributed by atoms with van der Waals surface area (Å²) in [6, 6.07) is 0. The van der Waals surface area contributed by atoms with Crippen molar-refractivity contribution in [3.8, 4) is 0 Å². The minimum atomic E-state index is -0.747. The van der Waals surface area contributed by atoms with Crippen molar-refractivity contribution in [1.82, 2.24) is 10.2 Å². The Morgan fingerprint density at radius 1 is 1.44 bits per heavy atom. The second-order valence-corrected chi connectivity index (χ2v) is 5.07. The number of methoxy groups -OCH3 is 1. The number of hydrogen-bond donors (Lipinski definition) is 2. The van der Waals surface area contributed by atoms with Crippen molar-refractivity contribution in [1.29, 1.82) is 0 Å². The first-order chi connectivity index (χ1) is 8.44. The molecule has 18 heavy (non-hydrogen) atoms. The van der Waals surface area contributed by atoms with Gasteiger partial charge in [-0.05, 0) is 26.8 Å². The van der Waals surface area contributed by atoms with Gasteiger partial charge in [-0.25, -0.2) is 0 Å². The van der Waals surface area contributed by atoms with Crippen molar-refractivity contribution in [2.75, 3.05) is 40.4 Å². The van der Waals surface area contributed by atoms with Crippen molar-refractivity contribution in [3.05, 3.63) is 0 Å². The fraction of sp³-hybridized carbons (Fsp3) is 0.923. The number of nitrogens with one attached hydrogen (secondary N) is 1. The summed E-state index contributed by atoms with van der Waals surface area (Å²) in [6.07, 6.45) is 2.63. The number of carbonyl (C=O) groups is 1. The lowest BCUT2D eigenvalue weighted by Crippen LogP contribution is -2.52. The normalized spacial score (nSPS) is 14.6. The van der Waals surface area contributed by atoms with Crippen molar-refractivity contribution < 1.29 is 9.53 Å². The number of rotatable bonds is 10. The number of amides is 1. The predicted molar refractivity (Wildman–Crippen MR) is 74.5 cm³/mol. The Labute approximate surface area is 111 Å².